The van der Waals surface area contributed by atoms with Crippen molar-refractivity contribution in [1.82, 2.24) is 0 Å². The van der Waals surface area contributed by atoms with Gasteiger partial charge in [-0.05, 0) is 36.5 Å². The molecule has 2 saturated carbocycles. The first-order valence-corrected chi connectivity index (χ1v) is 7.24. The van der Waals surface area contributed by atoms with E-state index in [1.807, 2.05) is 0 Å². The molecule has 0 aromatic rings. The van der Waals surface area contributed by atoms with Crippen LogP contribution in [0.25, 0.3) is 0 Å². The van der Waals surface area contributed by atoms with Gasteiger partial charge in [-0.2, -0.15) is 22.0 Å². The predicted octanol–water partition coefficient (Wildman–Crippen LogP) is 4.29. The van der Waals surface area contributed by atoms with Crippen molar-refractivity contribution in [2.45, 2.75) is 45.2 Å². The zero-order chi connectivity index (χ0) is 17.8. The Morgan fingerprint density at radius 2 is 1.74 bits per heavy atom. The van der Waals surface area contributed by atoms with Crippen molar-refractivity contribution >= 4 is 5.97 Å². The highest BCUT2D eigenvalue weighted by Crippen LogP contribution is 2.66. The van der Waals surface area contributed by atoms with E-state index in [0.29, 0.717) is 0 Å². The number of carbonyl (C=O) groups is 1. The molecule has 2 aliphatic carbocycles. The Morgan fingerprint density at radius 3 is 2.13 bits per heavy atom. The molecule has 0 saturated heterocycles. The van der Waals surface area contributed by atoms with Crippen molar-refractivity contribution in [3.05, 3.63) is 0 Å². The SMILES string of the molecule is CC1C2CC(C1C)C(C(=O)OCC(F)(F)C(F)F)(C(F)(F)F)C2. The van der Waals surface area contributed by atoms with Crippen LogP contribution in [-0.4, -0.2) is 31.1 Å². The number of carbonyl (C=O) groups excluding carboxylic acids is 1. The molecule has 0 spiro atoms. The molecular formula is C14H17F7O2. The van der Waals surface area contributed by atoms with Crippen LogP contribution in [0.15, 0.2) is 0 Å². The molecular weight excluding hydrogens is 333 g/mol. The average molecular weight is 350 g/mol. The van der Waals surface area contributed by atoms with Crippen molar-refractivity contribution in [2.75, 3.05) is 6.61 Å². The summed E-state index contributed by atoms with van der Waals surface area (Å²) >= 11 is 0. The summed E-state index contributed by atoms with van der Waals surface area (Å²) in [6.45, 7) is 1.31. The number of alkyl halides is 7. The molecule has 2 fully saturated rings. The first-order chi connectivity index (χ1) is 10.3. The number of fused-ring (bicyclic) bond motifs is 2. The Bertz CT molecular complexity index is 474. The molecule has 0 N–H and O–H groups in total. The summed E-state index contributed by atoms with van der Waals surface area (Å²) in [4.78, 5) is 12.0. The van der Waals surface area contributed by atoms with Crippen molar-refractivity contribution in [2.24, 2.45) is 29.1 Å². The lowest BCUT2D eigenvalue weighted by atomic mass is 9.65. The van der Waals surface area contributed by atoms with Gasteiger partial charge < -0.3 is 4.74 Å². The van der Waals surface area contributed by atoms with Crippen LogP contribution < -0.4 is 0 Å². The molecule has 0 aromatic heterocycles. The minimum Gasteiger partial charge on any atom is -0.458 e. The minimum absolute atomic E-state index is 0.0224. The van der Waals surface area contributed by atoms with Gasteiger partial charge in [-0.1, -0.05) is 13.8 Å². The number of halogens is 7. The van der Waals surface area contributed by atoms with Gasteiger partial charge in [0.1, 0.15) is 0 Å². The first-order valence-electron chi connectivity index (χ1n) is 7.24. The summed E-state index contributed by atoms with van der Waals surface area (Å²) in [5, 5.41) is 0. The number of hydrogen-bond acceptors (Lipinski definition) is 2. The lowest BCUT2D eigenvalue weighted by Crippen LogP contribution is -2.53. The van der Waals surface area contributed by atoms with Crippen LogP contribution in [0.5, 0.6) is 0 Å². The van der Waals surface area contributed by atoms with Gasteiger partial charge in [0.25, 0.3) is 0 Å². The lowest BCUT2D eigenvalue weighted by molar-refractivity contribution is -0.259. The van der Waals surface area contributed by atoms with Gasteiger partial charge in [0, 0.05) is 0 Å². The number of ether oxygens (including phenoxy) is 1. The third-order valence-corrected chi connectivity index (χ3v) is 5.57. The summed E-state index contributed by atoms with van der Waals surface area (Å²) in [6.07, 6.45) is -9.47. The van der Waals surface area contributed by atoms with E-state index in [1.165, 1.54) is 0 Å². The fourth-order valence-corrected chi connectivity index (χ4v) is 4.07. The Hall–Kier alpha value is -1.02. The predicted molar refractivity (Wildman–Crippen MR) is 64.9 cm³/mol. The second kappa shape index (κ2) is 5.51. The average Bonchev–Trinajstić information content (AvgIpc) is 2.94. The van der Waals surface area contributed by atoms with E-state index in [2.05, 4.69) is 4.74 Å². The van der Waals surface area contributed by atoms with Gasteiger partial charge in [-0.15, -0.1) is 0 Å². The zero-order valence-electron chi connectivity index (χ0n) is 12.5. The largest absolute Gasteiger partial charge is 0.458 e. The fourth-order valence-electron chi connectivity index (χ4n) is 4.07. The molecule has 23 heavy (non-hydrogen) atoms. The Kier molecular flexibility index (Phi) is 4.39. The van der Waals surface area contributed by atoms with Gasteiger partial charge in [-0.25, -0.2) is 8.78 Å². The quantitative estimate of drug-likeness (QED) is 0.558. The van der Waals surface area contributed by atoms with Crippen molar-refractivity contribution < 1.29 is 40.3 Å². The smallest absolute Gasteiger partial charge is 0.405 e. The third kappa shape index (κ3) is 2.69. The Balaban J connectivity index is 2.23. The number of esters is 1. The Labute approximate surface area is 128 Å². The molecule has 2 bridgehead atoms. The molecule has 0 radical (unpaired) electrons. The molecule has 134 valence electrons. The highest BCUT2D eigenvalue weighted by molar-refractivity contribution is 5.79. The van der Waals surface area contributed by atoms with Crippen LogP contribution in [0.1, 0.15) is 26.7 Å². The van der Waals surface area contributed by atoms with E-state index in [4.69, 9.17) is 0 Å². The molecule has 2 nitrogen and oxygen atoms in total. The molecule has 5 atom stereocenters. The standard InChI is InChI=1S/C14H17F7O2/c1-6-7(2)9-3-8(6)4-12(9,14(19,20)21)11(22)23-5-13(17,18)10(15)16/h6-10H,3-5H2,1-2H3. The fraction of sp³-hybridized carbons (Fsp3) is 0.929. The van der Waals surface area contributed by atoms with Gasteiger partial charge >= 0.3 is 24.5 Å². The van der Waals surface area contributed by atoms with Gasteiger partial charge in [0.2, 0.25) is 0 Å². The molecule has 0 amide bonds. The number of hydrogen-bond donors (Lipinski definition) is 0. The van der Waals surface area contributed by atoms with Crippen LogP contribution in [0.3, 0.4) is 0 Å². The minimum atomic E-state index is -4.97. The van der Waals surface area contributed by atoms with E-state index >= 15 is 0 Å². The molecule has 9 heteroatoms. The lowest BCUT2D eigenvalue weighted by Gasteiger charge is -2.42. The molecule has 5 unspecified atom stereocenters. The maximum absolute atomic E-state index is 13.6. The summed E-state index contributed by atoms with van der Waals surface area (Å²) < 4.78 is 94.5. The summed E-state index contributed by atoms with van der Waals surface area (Å²) in [7, 11) is 0. The van der Waals surface area contributed by atoms with Crippen LogP contribution in [0, 0.1) is 29.1 Å². The summed E-state index contributed by atoms with van der Waals surface area (Å²) in [6, 6.07) is 0. The molecule has 0 heterocycles. The van der Waals surface area contributed by atoms with E-state index < -0.39 is 54.8 Å². The first kappa shape index (κ1) is 18.3. The van der Waals surface area contributed by atoms with E-state index in [9.17, 15) is 35.5 Å². The summed E-state index contributed by atoms with van der Waals surface area (Å²) in [5.74, 6) is -8.42. The maximum Gasteiger partial charge on any atom is 0.405 e. The highest BCUT2D eigenvalue weighted by atomic mass is 19.4. The van der Waals surface area contributed by atoms with Crippen LogP contribution in [0.4, 0.5) is 30.7 Å². The van der Waals surface area contributed by atoms with Gasteiger partial charge in [-0.3, -0.25) is 4.79 Å². The van der Waals surface area contributed by atoms with Crippen molar-refractivity contribution in [3.63, 3.8) is 0 Å². The molecule has 2 aliphatic rings. The van der Waals surface area contributed by atoms with E-state index in [0.717, 1.165) is 0 Å². The second-order valence-electron chi connectivity index (χ2n) is 6.63. The molecule has 0 aliphatic heterocycles. The van der Waals surface area contributed by atoms with E-state index in [-0.39, 0.29) is 18.3 Å². The summed E-state index contributed by atoms with van der Waals surface area (Å²) in [5.41, 5.74) is -2.87. The third-order valence-electron chi connectivity index (χ3n) is 5.57. The van der Waals surface area contributed by atoms with Gasteiger partial charge in [0.15, 0.2) is 12.0 Å². The maximum atomic E-state index is 13.6. The van der Waals surface area contributed by atoms with E-state index in [1.54, 1.807) is 13.8 Å². The Morgan fingerprint density at radius 1 is 1.17 bits per heavy atom. The normalized spacial score (nSPS) is 37.5. The molecule has 0 aromatic carbocycles. The van der Waals surface area contributed by atoms with Gasteiger partial charge in [0.05, 0.1) is 0 Å². The highest BCUT2D eigenvalue weighted by Gasteiger charge is 2.73. The zero-order valence-corrected chi connectivity index (χ0v) is 12.5. The van der Waals surface area contributed by atoms with Crippen LogP contribution in [-0.2, 0) is 9.53 Å². The topological polar surface area (TPSA) is 26.3 Å². The second-order valence-corrected chi connectivity index (χ2v) is 6.63. The van der Waals surface area contributed by atoms with Crippen LogP contribution in [0.2, 0.25) is 0 Å². The van der Waals surface area contributed by atoms with Crippen molar-refractivity contribution in [3.8, 4) is 0 Å². The van der Waals surface area contributed by atoms with Crippen LogP contribution >= 0.6 is 0 Å². The van der Waals surface area contributed by atoms with Crippen molar-refractivity contribution in [1.29, 1.82) is 0 Å². The molecule has 2 rings (SSSR count). The monoisotopic (exact) mass is 350 g/mol. The number of rotatable bonds is 4.